The Balaban J connectivity index is 2.53. The van der Waals surface area contributed by atoms with E-state index in [2.05, 4.69) is 10.3 Å². The fourth-order valence-electron chi connectivity index (χ4n) is 2.36. The van der Waals surface area contributed by atoms with Gasteiger partial charge in [0.1, 0.15) is 21.7 Å². The van der Waals surface area contributed by atoms with Gasteiger partial charge in [-0.3, -0.25) is 0 Å². The molecule has 116 valence electrons. The molecule has 0 fully saturated rings. The summed E-state index contributed by atoms with van der Waals surface area (Å²) >= 11 is 0. The van der Waals surface area contributed by atoms with Gasteiger partial charge in [-0.1, -0.05) is 24.3 Å². The number of sulfone groups is 1. The van der Waals surface area contributed by atoms with Gasteiger partial charge in [0.15, 0.2) is 11.4 Å². The Morgan fingerprint density at radius 2 is 2.00 bits per heavy atom. The van der Waals surface area contributed by atoms with Crippen LogP contribution >= 0.6 is 0 Å². The minimum atomic E-state index is -3.11. The van der Waals surface area contributed by atoms with E-state index in [0.717, 1.165) is 10.8 Å². The number of hydrogen-bond donors (Lipinski definition) is 1. The number of methoxy groups -OCH3 is 1. The number of pyridine rings is 1. The maximum Gasteiger partial charge on any atom is 0.185 e. The lowest BCUT2D eigenvalue weighted by molar-refractivity contribution is 0.416. The SMILES string of the molecule is COc1c(C#N)nc(NC(C)CS(C)(=O)=O)c2ccccc12. The Morgan fingerprint density at radius 3 is 2.55 bits per heavy atom. The number of hydrogen-bond acceptors (Lipinski definition) is 6. The lowest BCUT2D eigenvalue weighted by atomic mass is 10.1. The lowest BCUT2D eigenvalue weighted by Crippen LogP contribution is -2.25. The van der Waals surface area contributed by atoms with Crippen LogP contribution in [0.5, 0.6) is 5.75 Å². The van der Waals surface area contributed by atoms with E-state index in [1.807, 2.05) is 30.3 Å². The van der Waals surface area contributed by atoms with Gasteiger partial charge < -0.3 is 10.1 Å². The Morgan fingerprint density at radius 1 is 1.36 bits per heavy atom. The highest BCUT2D eigenvalue weighted by Gasteiger charge is 2.17. The Hall–Kier alpha value is -2.33. The number of anilines is 1. The number of benzene rings is 1. The predicted molar refractivity (Wildman–Crippen MR) is 85.8 cm³/mol. The van der Waals surface area contributed by atoms with Gasteiger partial charge in [-0.25, -0.2) is 13.4 Å². The molecule has 1 aromatic carbocycles. The van der Waals surface area contributed by atoms with Crippen LogP contribution in [0, 0.1) is 11.3 Å². The smallest absolute Gasteiger partial charge is 0.185 e. The molecule has 0 bridgehead atoms. The third-order valence-corrected chi connectivity index (χ3v) is 4.22. The highest BCUT2D eigenvalue weighted by molar-refractivity contribution is 7.90. The monoisotopic (exact) mass is 319 g/mol. The number of nitriles is 1. The molecule has 0 amide bonds. The van der Waals surface area contributed by atoms with Crippen molar-refractivity contribution in [2.24, 2.45) is 0 Å². The van der Waals surface area contributed by atoms with E-state index < -0.39 is 9.84 Å². The highest BCUT2D eigenvalue weighted by atomic mass is 32.2. The summed E-state index contributed by atoms with van der Waals surface area (Å²) < 4.78 is 28.1. The molecule has 22 heavy (non-hydrogen) atoms. The minimum Gasteiger partial charge on any atom is -0.493 e. The van der Waals surface area contributed by atoms with Crippen LogP contribution in [-0.2, 0) is 9.84 Å². The molecule has 7 heteroatoms. The van der Waals surface area contributed by atoms with E-state index >= 15 is 0 Å². The first-order valence-electron chi connectivity index (χ1n) is 6.67. The third-order valence-electron chi connectivity index (χ3n) is 3.11. The quantitative estimate of drug-likeness (QED) is 0.905. The van der Waals surface area contributed by atoms with Gasteiger partial charge in [0.2, 0.25) is 0 Å². The third kappa shape index (κ3) is 3.46. The van der Waals surface area contributed by atoms with Gasteiger partial charge in [-0.05, 0) is 6.92 Å². The molecular weight excluding hydrogens is 302 g/mol. The number of aromatic nitrogens is 1. The van der Waals surface area contributed by atoms with Crippen LogP contribution in [0.4, 0.5) is 5.82 Å². The van der Waals surface area contributed by atoms with Crippen LogP contribution in [0.25, 0.3) is 10.8 Å². The van der Waals surface area contributed by atoms with Crippen molar-refractivity contribution in [2.45, 2.75) is 13.0 Å². The van der Waals surface area contributed by atoms with E-state index in [9.17, 15) is 13.7 Å². The maximum absolute atomic E-state index is 11.4. The first kappa shape index (κ1) is 16.0. The molecule has 1 aromatic heterocycles. The molecule has 6 nitrogen and oxygen atoms in total. The molecule has 0 aliphatic carbocycles. The van der Waals surface area contributed by atoms with E-state index in [-0.39, 0.29) is 17.5 Å². The van der Waals surface area contributed by atoms with E-state index in [1.54, 1.807) is 6.92 Å². The van der Waals surface area contributed by atoms with Crippen molar-refractivity contribution in [2.75, 3.05) is 24.4 Å². The van der Waals surface area contributed by atoms with E-state index in [0.29, 0.717) is 11.6 Å². The summed E-state index contributed by atoms with van der Waals surface area (Å²) in [6, 6.07) is 9.06. The summed E-state index contributed by atoms with van der Waals surface area (Å²) in [6.07, 6.45) is 1.19. The Labute approximate surface area is 129 Å². The largest absolute Gasteiger partial charge is 0.493 e. The molecular formula is C15H17N3O3S. The summed E-state index contributed by atoms with van der Waals surface area (Å²) in [5, 5.41) is 13.8. The van der Waals surface area contributed by atoms with Crippen molar-refractivity contribution in [1.82, 2.24) is 4.98 Å². The average molecular weight is 319 g/mol. The average Bonchev–Trinajstić information content (AvgIpc) is 2.44. The number of nitrogens with zero attached hydrogens (tertiary/aromatic N) is 2. The molecule has 1 heterocycles. The summed E-state index contributed by atoms with van der Waals surface area (Å²) in [4.78, 5) is 4.27. The van der Waals surface area contributed by atoms with Crippen LogP contribution < -0.4 is 10.1 Å². The first-order valence-corrected chi connectivity index (χ1v) is 8.73. The van der Waals surface area contributed by atoms with Crippen LogP contribution in [0.15, 0.2) is 24.3 Å². The van der Waals surface area contributed by atoms with E-state index in [1.165, 1.54) is 13.4 Å². The van der Waals surface area contributed by atoms with Gasteiger partial charge in [0.05, 0.1) is 12.9 Å². The van der Waals surface area contributed by atoms with Gasteiger partial charge >= 0.3 is 0 Å². The van der Waals surface area contributed by atoms with Crippen molar-refractivity contribution in [3.63, 3.8) is 0 Å². The fourth-order valence-corrected chi connectivity index (χ4v) is 3.35. The van der Waals surface area contributed by atoms with Crippen LogP contribution in [0.2, 0.25) is 0 Å². The molecule has 0 saturated carbocycles. The Kier molecular flexibility index (Phi) is 4.52. The molecule has 0 aliphatic rings. The van der Waals surface area contributed by atoms with Gasteiger partial charge in [0, 0.05) is 23.1 Å². The van der Waals surface area contributed by atoms with Crippen molar-refractivity contribution in [3.05, 3.63) is 30.0 Å². The lowest BCUT2D eigenvalue weighted by Gasteiger charge is -2.17. The molecule has 1 atom stereocenters. The second-order valence-corrected chi connectivity index (χ2v) is 7.32. The summed E-state index contributed by atoms with van der Waals surface area (Å²) in [5.74, 6) is 0.875. The molecule has 2 rings (SSSR count). The zero-order valence-corrected chi connectivity index (χ0v) is 13.4. The van der Waals surface area contributed by atoms with E-state index in [4.69, 9.17) is 4.74 Å². The number of ether oxygens (including phenoxy) is 1. The second kappa shape index (κ2) is 6.20. The number of fused-ring (bicyclic) bond motifs is 1. The first-order chi connectivity index (χ1) is 10.4. The van der Waals surface area contributed by atoms with Gasteiger partial charge in [-0.2, -0.15) is 5.26 Å². The summed E-state index contributed by atoms with van der Waals surface area (Å²) in [5.41, 5.74) is 0.162. The van der Waals surface area contributed by atoms with Crippen LogP contribution in [0.1, 0.15) is 12.6 Å². The standard InChI is InChI=1S/C15H17N3O3S/c1-10(9-22(3,19)20)17-15-12-7-5-4-6-11(12)14(21-2)13(8-16)18-15/h4-7,10H,9H2,1-3H3,(H,17,18). The van der Waals surface area contributed by atoms with Gasteiger partial charge in [0.25, 0.3) is 0 Å². The van der Waals surface area contributed by atoms with Crippen molar-refractivity contribution in [1.29, 1.82) is 5.26 Å². The molecule has 1 unspecified atom stereocenters. The molecule has 1 N–H and O–H groups in total. The van der Waals surface area contributed by atoms with Crippen LogP contribution in [-0.4, -0.2) is 38.6 Å². The highest BCUT2D eigenvalue weighted by Crippen LogP contribution is 2.32. The normalized spacial score (nSPS) is 12.6. The Bertz CT molecular complexity index is 841. The predicted octanol–water partition coefficient (Wildman–Crippen LogP) is 1.96. The zero-order chi connectivity index (χ0) is 16.3. The maximum atomic E-state index is 11.4. The second-order valence-electron chi connectivity index (χ2n) is 5.14. The van der Waals surface area contributed by atoms with Crippen LogP contribution in [0.3, 0.4) is 0 Å². The van der Waals surface area contributed by atoms with Crippen molar-refractivity contribution < 1.29 is 13.2 Å². The molecule has 0 spiro atoms. The van der Waals surface area contributed by atoms with Crippen molar-refractivity contribution in [3.8, 4) is 11.8 Å². The molecule has 0 radical (unpaired) electrons. The molecule has 0 saturated heterocycles. The minimum absolute atomic E-state index is 0.0169. The number of nitrogens with one attached hydrogen (secondary N) is 1. The topological polar surface area (TPSA) is 92.1 Å². The zero-order valence-electron chi connectivity index (χ0n) is 12.6. The summed E-state index contributed by atoms with van der Waals surface area (Å²) in [6.45, 7) is 1.76. The molecule has 0 aliphatic heterocycles. The fraction of sp³-hybridized carbons (Fsp3) is 0.333. The number of rotatable bonds is 5. The van der Waals surface area contributed by atoms with Crippen molar-refractivity contribution >= 4 is 26.4 Å². The molecule has 2 aromatic rings. The summed E-state index contributed by atoms with van der Waals surface area (Å²) in [7, 11) is -1.62. The van der Waals surface area contributed by atoms with Gasteiger partial charge in [-0.15, -0.1) is 0 Å².